The van der Waals surface area contributed by atoms with Gasteiger partial charge in [0.1, 0.15) is 17.8 Å². The molecule has 2 aromatic rings. The Morgan fingerprint density at radius 2 is 1.65 bits per heavy atom. The number of rotatable bonds is 17. The van der Waals surface area contributed by atoms with Gasteiger partial charge in [0, 0.05) is 37.9 Å². The van der Waals surface area contributed by atoms with E-state index in [9.17, 15) is 29.4 Å². The number of carboxylic acids is 1. The van der Waals surface area contributed by atoms with Gasteiger partial charge >= 0.3 is 5.97 Å². The summed E-state index contributed by atoms with van der Waals surface area (Å²) in [6.07, 6.45) is 7.01. The Hall–Kier alpha value is -3.51. The summed E-state index contributed by atoms with van der Waals surface area (Å²) in [4.78, 5) is 57.1. The summed E-state index contributed by atoms with van der Waals surface area (Å²) in [5.74, 6) is -1.79. The molecule has 0 radical (unpaired) electrons. The summed E-state index contributed by atoms with van der Waals surface area (Å²) in [5.41, 5.74) is 3.34. The lowest BCUT2D eigenvalue weighted by molar-refractivity contribution is -0.144. The molecular formula is C34H50N4O7S. The Balaban J connectivity index is 1.51. The van der Waals surface area contributed by atoms with Crippen molar-refractivity contribution < 1.29 is 34.5 Å². The van der Waals surface area contributed by atoms with E-state index >= 15 is 0 Å². The van der Waals surface area contributed by atoms with Crippen molar-refractivity contribution in [2.45, 2.75) is 123 Å². The van der Waals surface area contributed by atoms with Crippen LogP contribution < -0.4 is 10.6 Å². The fourth-order valence-electron chi connectivity index (χ4n) is 5.71. The molecule has 1 fully saturated rings. The van der Waals surface area contributed by atoms with Crippen LogP contribution in [0, 0.1) is 12.3 Å². The fourth-order valence-corrected chi connectivity index (χ4v) is 6.51. The van der Waals surface area contributed by atoms with Gasteiger partial charge in [-0.05, 0) is 36.8 Å². The second-order valence-corrected chi connectivity index (χ2v) is 14.2. The van der Waals surface area contributed by atoms with Crippen LogP contribution in [-0.2, 0) is 25.7 Å². The van der Waals surface area contributed by atoms with Gasteiger partial charge in [-0.1, -0.05) is 71.4 Å². The van der Waals surface area contributed by atoms with Gasteiger partial charge in [-0.25, -0.2) is 4.98 Å². The Morgan fingerprint density at radius 3 is 2.22 bits per heavy atom. The minimum absolute atomic E-state index is 0.0101. The molecule has 11 nitrogen and oxygen atoms in total. The van der Waals surface area contributed by atoms with Gasteiger partial charge in [-0.15, -0.1) is 11.3 Å². The fraction of sp³-hybridized carbons (Fsp3) is 0.618. The minimum Gasteiger partial charge on any atom is -0.508 e. The smallest absolute Gasteiger partial charge is 0.303 e. The number of aliphatic hydroxyl groups is 1. The number of β-amino-alcohol motifs (C(OH)–C–C–N with tert-alkyl or cyclic N) is 1. The molecule has 2 heterocycles. The molecule has 3 rings (SSSR count). The van der Waals surface area contributed by atoms with Crippen molar-refractivity contribution in [1.82, 2.24) is 20.5 Å². The number of carboxylic acid groups (broad SMARTS) is 1. The third-order valence-electron chi connectivity index (χ3n) is 8.37. The number of carbonyl (C=O) groups excluding carboxylic acids is 3. The van der Waals surface area contributed by atoms with Crippen molar-refractivity contribution in [3.8, 4) is 16.2 Å². The number of hydrogen-bond acceptors (Lipinski definition) is 8. The lowest BCUT2D eigenvalue weighted by atomic mass is 9.85. The molecule has 1 aromatic carbocycles. The molecule has 1 aromatic heterocycles. The Labute approximate surface area is 275 Å². The highest BCUT2D eigenvalue weighted by Gasteiger charge is 2.44. The number of amides is 3. The van der Waals surface area contributed by atoms with Crippen LogP contribution >= 0.6 is 11.3 Å². The highest BCUT2D eigenvalue weighted by atomic mass is 32.1. The number of unbranched alkanes of at least 4 members (excludes halogenated alkanes) is 7. The number of phenols is 1. The van der Waals surface area contributed by atoms with Gasteiger partial charge in [0.25, 0.3) is 0 Å². The van der Waals surface area contributed by atoms with Crippen molar-refractivity contribution >= 4 is 35.0 Å². The van der Waals surface area contributed by atoms with E-state index in [4.69, 9.17) is 5.11 Å². The van der Waals surface area contributed by atoms with E-state index in [1.165, 1.54) is 16.2 Å². The summed E-state index contributed by atoms with van der Waals surface area (Å²) in [5, 5.41) is 35.5. The normalized spacial score (nSPS) is 17.1. The zero-order chi connectivity index (χ0) is 33.9. The number of aromatic nitrogens is 1. The van der Waals surface area contributed by atoms with Gasteiger partial charge < -0.3 is 30.9 Å². The van der Waals surface area contributed by atoms with Crippen molar-refractivity contribution in [2.24, 2.45) is 5.41 Å². The molecule has 12 heteroatoms. The van der Waals surface area contributed by atoms with Gasteiger partial charge in [0.2, 0.25) is 17.7 Å². The number of benzene rings is 1. The molecule has 3 atom stereocenters. The summed E-state index contributed by atoms with van der Waals surface area (Å²) in [6.45, 7) is 7.50. The summed E-state index contributed by atoms with van der Waals surface area (Å²) in [7, 11) is 0. The lowest BCUT2D eigenvalue weighted by Crippen LogP contribution is -2.57. The van der Waals surface area contributed by atoms with Gasteiger partial charge in [-0.3, -0.25) is 19.2 Å². The van der Waals surface area contributed by atoms with Crippen LogP contribution in [0.15, 0.2) is 23.7 Å². The number of aliphatic carboxylic acids is 1. The number of thiazole rings is 1. The average molecular weight is 659 g/mol. The molecule has 5 N–H and O–H groups in total. The van der Waals surface area contributed by atoms with Gasteiger partial charge in [0.15, 0.2) is 0 Å². The molecule has 254 valence electrons. The standard InChI is InChI=1S/C34H50N4O7S/c1-22-30(46-21-36-22)23-15-16-24(27(40)17-23)19-35-32(44)26-18-25(39)20-38(26)33(45)31(34(2,3)4)37-28(41)13-11-9-7-5-6-8-10-12-14-29(42)43/h15-17,21,25-26,31,39-40H,5-14,18-20H2,1-4H3,(H,35,44)(H,37,41)(H,42,43)/t25-,26+,31-/m1/s1. The average Bonchev–Trinajstić information content (AvgIpc) is 3.60. The maximum atomic E-state index is 13.8. The van der Waals surface area contributed by atoms with Crippen LogP contribution in [0.25, 0.3) is 10.4 Å². The summed E-state index contributed by atoms with van der Waals surface area (Å²) in [6, 6.07) is 3.46. The van der Waals surface area contributed by atoms with Crippen molar-refractivity contribution in [1.29, 1.82) is 0 Å². The number of aryl methyl sites for hydroxylation is 1. The lowest BCUT2D eigenvalue weighted by Gasteiger charge is -2.35. The molecule has 0 spiro atoms. The number of phenolic OH excluding ortho intramolecular Hbond substituents is 1. The Bertz CT molecular complexity index is 1340. The van der Waals surface area contributed by atoms with Crippen LogP contribution in [0.2, 0.25) is 0 Å². The van der Waals surface area contributed by atoms with Crippen molar-refractivity contribution in [3.05, 3.63) is 35.0 Å². The van der Waals surface area contributed by atoms with Crippen LogP contribution in [0.1, 0.15) is 103 Å². The number of likely N-dealkylation sites (tertiary alicyclic amines) is 1. The quantitative estimate of drug-likeness (QED) is 0.149. The predicted octanol–water partition coefficient (Wildman–Crippen LogP) is 4.92. The molecular weight excluding hydrogens is 608 g/mol. The molecule has 0 aliphatic carbocycles. The van der Waals surface area contributed by atoms with Crippen LogP contribution in [-0.4, -0.2) is 73.6 Å². The first-order valence-corrected chi connectivity index (χ1v) is 17.2. The Morgan fingerprint density at radius 1 is 1.02 bits per heavy atom. The summed E-state index contributed by atoms with van der Waals surface area (Å²) >= 11 is 1.48. The topological polar surface area (TPSA) is 169 Å². The number of carbonyl (C=O) groups is 4. The van der Waals surface area contributed by atoms with E-state index in [1.807, 2.05) is 33.8 Å². The zero-order valence-electron chi connectivity index (χ0n) is 27.5. The highest BCUT2D eigenvalue weighted by molar-refractivity contribution is 7.13. The molecule has 1 aliphatic rings. The number of aromatic hydroxyl groups is 1. The van der Waals surface area contributed by atoms with Crippen molar-refractivity contribution in [2.75, 3.05) is 6.54 Å². The van der Waals surface area contributed by atoms with E-state index in [-0.39, 0.29) is 44.0 Å². The first-order valence-electron chi connectivity index (χ1n) is 16.3. The van der Waals surface area contributed by atoms with E-state index in [2.05, 4.69) is 15.6 Å². The van der Waals surface area contributed by atoms with E-state index in [0.29, 0.717) is 18.4 Å². The minimum atomic E-state index is -0.908. The second-order valence-electron chi connectivity index (χ2n) is 13.3. The molecule has 0 saturated carbocycles. The number of hydrogen-bond donors (Lipinski definition) is 5. The van der Waals surface area contributed by atoms with Gasteiger partial charge in [0.05, 0.1) is 22.2 Å². The summed E-state index contributed by atoms with van der Waals surface area (Å²) < 4.78 is 0. The zero-order valence-corrected chi connectivity index (χ0v) is 28.3. The van der Waals surface area contributed by atoms with Crippen molar-refractivity contribution in [3.63, 3.8) is 0 Å². The number of nitrogens with one attached hydrogen (secondary N) is 2. The molecule has 3 amide bonds. The number of nitrogens with zero attached hydrogens (tertiary/aromatic N) is 2. The first kappa shape index (κ1) is 37.0. The maximum Gasteiger partial charge on any atom is 0.303 e. The van der Waals surface area contributed by atoms with Crippen LogP contribution in [0.5, 0.6) is 5.75 Å². The Kier molecular flexibility index (Phi) is 14.0. The molecule has 46 heavy (non-hydrogen) atoms. The van der Waals surface area contributed by atoms with E-state index in [0.717, 1.165) is 54.7 Å². The first-order chi connectivity index (χ1) is 21.8. The largest absolute Gasteiger partial charge is 0.508 e. The van der Waals surface area contributed by atoms with Gasteiger partial charge in [-0.2, -0.15) is 0 Å². The van der Waals surface area contributed by atoms with Crippen LogP contribution in [0.4, 0.5) is 0 Å². The molecule has 0 bridgehead atoms. The SMILES string of the molecule is Cc1ncsc1-c1ccc(CNC(=O)[C@@H]2C[C@@H](O)CN2C(=O)[C@@H](NC(=O)CCCCCCCCCCC(=O)O)C(C)(C)C)c(O)c1. The van der Waals surface area contributed by atoms with E-state index < -0.39 is 41.4 Å². The monoisotopic (exact) mass is 658 g/mol. The third-order valence-corrected chi connectivity index (χ3v) is 9.35. The molecule has 1 aliphatic heterocycles. The molecule has 0 unspecified atom stereocenters. The second kappa shape index (κ2) is 17.4. The van der Waals surface area contributed by atoms with E-state index in [1.54, 1.807) is 17.6 Å². The number of aliphatic hydroxyl groups excluding tert-OH is 1. The maximum absolute atomic E-state index is 13.8. The third kappa shape index (κ3) is 11.1. The van der Waals surface area contributed by atoms with Crippen LogP contribution in [0.3, 0.4) is 0 Å². The highest BCUT2D eigenvalue weighted by Crippen LogP contribution is 2.32. The molecule has 1 saturated heterocycles. The predicted molar refractivity (Wildman–Crippen MR) is 177 cm³/mol.